The maximum atomic E-state index is 12.4. The van der Waals surface area contributed by atoms with Crippen LogP contribution in [0.2, 0.25) is 0 Å². The van der Waals surface area contributed by atoms with E-state index in [1.54, 1.807) is 18.5 Å². The molecule has 0 amide bonds. The van der Waals surface area contributed by atoms with E-state index in [1.165, 1.54) is 0 Å². The van der Waals surface area contributed by atoms with Gasteiger partial charge in [-0.1, -0.05) is 0 Å². The predicted molar refractivity (Wildman–Crippen MR) is 83.7 cm³/mol. The van der Waals surface area contributed by atoms with Crippen molar-refractivity contribution >= 4 is 10.0 Å². The average Bonchev–Trinajstić information content (AvgIpc) is 2.64. The lowest BCUT2D eigenvalue weighted by molar-refractivity contribution is 0.278. The van der Waals surface area contributed by atoms with Gasteiger partial charge in [-0.25, -0.2) is 13.1 Å². The van der Waals surface area contributed by atoms with E-state index in [4.69, 9.17) is 5.73 Å². The Bertz CT molecular complexity index is 565. The molecule has 0 aliphatic heterocycles. The molecule has 0 aromatic carbocycles. The van der Waals surface area contributed by atoms with Crippen LogP contribution in [0.1, 0.15) is 25.2 Å². The zero-order chi connectivity index (χ0) is 16.2. The topological polar surface area (TPSA) is 93.2 Å². The first kappa shape index (κ1) is 18.1. The zero-order valence-electron chi connectivity index (χ0n) is 13.5. The molecule has 0 spiro atoms. The first-order valence-electron chi connectivity index (χ1n) is 7.14. The lowest BCUT2D eigenvalue weighted by atomic mass is 10.3. The maximum absolute atomic E-state index is 12.4. The van der Waals surface area contributed by atoms with Gasteiger partial charge in [-0.2, -0.15) is 5.10 Å². The van der Waals surface area contributed by atoms with Gasteiger partial charge < -0.3 is 10.6 Å². The van der Waals surface area contributed by atoms with E-state index in [0.717, 1.165) is 0 Å². The summed E-state index contributed by atoms with van der Waals surface area (Å²) >= 11 is 0. The summed E-state index contributed by atoms with van der Waals surface area (Å²) in [4.78, 5) is 2.35. The summed E-state index contributed by atoms with van der Waals surface area (Å²) in [7, 11) is -1.57. The second-order valence-corrected chi connectivity index (χ2v) is 7.19. The summed E-state index contributed by atoms with van der Waals surface area (Å²) < 4.78 is 29.1. The van der Waals surface area contributed by atoms with E-state index in [0.29, 0.717) is 43.6 Å². The summed E-state index contributed by atoms with van der Waals surface area (Å²) in [5.41, 5.74) is 6.64. The molecule has 0 saturated carbocycles. The van der Waals surface area contributed by atoms with Gasteiger partial charge in [-0.15, -0.1) is 0 Å². The summed E-state index contributed by atoms with van der Waals surface area (Å²) in [6.45, 7) is 9.56. The highest BCUT2D eigenvalue weighted by molar-refractivity contribution is 7.89. The molecule has 1 aromatic rings. The van der Waals surface area contributed by atoms with E-state index in [2.05, 4.69) is 28.6 Å². The Labute approximate surface area is 127 Å². The fourth-order valence-electron chi connectivity index (χ4n) is 2.10. The SMILES string of the molecule is Cc1nn(CCN)c(C)c1S(=O)(=O)NCCN(C)C(C)C. The molecular weight excluding hydrogens is 290 g/mol. The first-order chi connectivity index (χ1) is 9.70. The fraction of sp³-hybridized carbons (Fsp3) is 0.769. The molecule has 21 heavy (non-hydrogen) atoms. The number of hydrogen-bond donors (Lipinski definition) is 2. The van der Waals surface area contributed by atoms with Gasteiger partial charge in [0.15, 0.2) is 0 Å². The Kier molecular flexibility index (Phi) is 6.33. The lowest BCUT2D eigenvalue weighted by Crippen LogP contribution is -2.36. The smallest absolute Gasteiger partial charge is 0.244 e. The van der Waals surface area contributed by atoms with E-state index in [-0.39, 0.29) is 4.90 Å². The van der Waals surface area contributed by atoms with Crippen molar-refractivity contribution in [2.24, 2.45) is 5.73 Å². The standard InChI is InChI=1S/C13H27N5O2S/c1-10(2)17(5)9-7-15-21(19,20)13-11(3)16-18(8-6-14)12(13)4/h10,15H,6-9,14H2,1-5H3. The molecule has 0 aliphatic carbocycles. The molecule has 0 saturated heterocycles. The minimum Gasteiger partial charge on any atom is -0.329 e. The third kappa shape index (κ3) is 4.50. The van der Waals surface area contributed by atoms with Gasteiger partial charge in [0.2, 0.25) is 10.0 Å². The molecule has 0 unspecified atom stereocenters. The van der Waals surface area contributed by atoms with Gasteiger partial charge in [-0.3, -0.25) is 4.68 Å². The molecule has 0 radical (unpaired) electrons. The van der Waals surface area contributed by atoms with E-state index < -0.39 is 10.0 Å². The number of likely N-dealkylation sites (N-methyl/N-ethyl adjacent to an activating group) is 1. The quantitative estimate of drug-likeness (QED) is 0.708. The Balaban J connectivity index is 2.84. The molecule has 8 heteroatoms. The Morgan fingerprint density at radius 3 is 2.52 bits per heavy atom. The largest absolute Gasteiger partial charge is 0.329 e. The number of aromatic nitrogens is 2. The highest BCUT2D eigenvalue weighted by Crippen LogP contribution is 2.18. The van der Waals surface area contributed by atoms with Crippen molar-refractivity contribution in [3.05, 3.63) is 11.4 Å². The van der Waals surface area contributed by atoms with Crippen molar-refractivity contribution in [2.75, 3.05) is 26.7 Å². The monoisotopic (exact) mass is 317 g/mol. The van der Waals surface area contributed by atoms with Crippen LogP contribution in [0.15, 0.2) is 4.90 Å². The van der Waals surface area contributed by atoms with Crippen LogP contribution in [-0.4, -0.2) is 55.8 Å². The Hall–Kier alpha value is -0.960. The maximum Gasteiger partial charge on any atom is 0.244 e. The number of sulfonamides is 1. The highest BCUT2D eigenvalue weighted by atomic mass is 32.2. The van der Waals surface area contributed by atoms with Crippen molar-refractivity contribution in [3.8, 4) is 0 Å². The summed E-state index contributed by atoms with van der Waals surface area (Å²) in [6.07, 6.45) is 0. The molecular formula is C13H27N5O2S. The second-order valence-electron chi connectivity index (χ2n) is 5.48. The summed E-state index contributed by atoms with van der Waals surface area (Å²) in [5, 5.41) is 4.24. The van der Waals surface area contributed by atoms with E-state index in [1.807, 2.05) is 7.05 Å². The minimum atomic E-state index is -3.54. The van der Waals surface area contributed by atoms with Crippen molar-refractivity contribution in [3.63, 3.8) is 0 Å². The normalized spacial score (nSPS) is 12.6. The van der Waals surface area contributed by atoms with Crippen LogP contribution >= 0.6 is 0 Å². The van der Waals surface area contributed by atoms with Gasteiger partial charge in [0, 0.05) is 25.7 Å². The van der Waals surface area contributed by atoms with Gasteiger partial charge in [0.05, 0.1) is 17.9 Å². The van der Waals surface area contributed by atoms with Crippen molar-refractivity contribution in [1.82, 2.24) is 19.4 Å². The van der Waals surface area contributed by atoms with Gasteiger partial charge in [-0.05, 0) is 34.7 Å². The second kappa shape index (κ2) is 7.35. The number of rotatable bonds is 8. The molecule has 3 N–H and O–H groups in total. The summed E-state index contributed by atoms with van der Waals surface area (Å²) in [6, 6.07) is 0.380. The van der Waals surface area contributed by atoms with Crippen molar-refractivity contribution < 1.29 is 8.42 Å². The molecule has 122 valence electrons. The van der Waals surface area contributed by atoms with Gasteiger partial charge in [0.25, 0.3) is 0 Å². The molecule has 0 aliphatic rings. The van der Waals surface area contributed by atoms with Crippen LogP contribution in [0.25, 0.3) is 0 Å². The molecule has 1 aromatic heterocycles. The van der Waals surface area contributed by atoms with E-state index >= 15 is 0 Å². The van der Waals surface area contributed by atoms with Gasteiger partial charge in [0.1, 0.15) is 4.90 Å². The number of nitrogens with zero attached hydrogens (tertiary/aromatic N) is 3. The van der Waals surface area contributed by atoms with E-state index in [9.17, 15) is 8.42 Å². The van der Waals surface area contributed by atoms with Crippen LogP contribution in [-0.2, 0) is 16.6 Å². The fourth-order valence-corrected chi connectivity index (χ4v) is 3.52. The number of nitrogens with two attached hydrogens (primary N) is 1. The van der Waals surface area contributed by atoms with Crippen LogP contribution in [0.5, 0.6) is 0 Å². The van der Waals surface area contributed by atoms with Gasteiger partial charge >= 0.3 is 0 Å². The van der Waals surface area contributed by atoms with Crippen LogP contribution in [0, 0.1) is 13.8 Å². The Morgan fingerprint density at radius 1 is 1.38 bits per heavy atom. The number of hydrogen-bond acceptors (Lipinski definition) is 5. The van der Waals surface area contributed by atoms with Crippen LogP contribution < -0.4 is 10.5 Å². The average molecular weight is 317 g/mol. The third-order valence-electron chi connectivity index (χ3n) is 3.56. The minimum absolute atomic E-state index is 0.267. The molecule has 1 rings (SSSR count). The first-order valence-corrected chi connectivity index (χ1v) is 8.63. The molecule has 1 heterocycles. The number of aryl methyl sites for hydroxylation is 1. The highest BCUT2D eigenvalue weighted by Gasteiger charge is 2.24. The molecule has 0 fully saturated rings. The molecule has 0 atom stereocenters. The third-order valence-corrected chi connectivity index (χ3v) is 5.28. The predicted octanol–water partition coefficient (Wildman–Crippen LogP) is 0.0771. The van der Waals surface area contributed by atoms with Crippen molar-refractivity contribution in [2.45, 2.75) is 45.2 Å². The van der Waals surface area contributed by atoms with Crippen molar-refractivity contribution in [1.29, 1.82) is 0 Å². The molecule has 7 nitrogen and oxygen atoms in total. The lowest BCUT2D eigenvalue weighted by Gasteiger charge is -2.20. The Morgan fingerprint density at radius 2 is 2.00 bits per heavy atom. The number of nitrogens with one attached hydrogen (secondary N) is 1. The molecule has 0 bridgehead atoms. The zero-order valence-corrected chi connectivity index (χ0v) is 14.4. The van der Waals surface area contributed by atoms with Crippen LogP contribution in [0.3, 0.4) is 0 Å². The van der Waals surface area contributed by atoms with Crippen LogP contribution in [0.4, 0.5) is 0 Å². The summed E-state index contributed by atoms with van der Waals surface area (Å²) in [5.74, 6) is 0.